The molecule has 0 radical (unpaired) electrons. The van der Waals surface area contributed by atoms with Crippen molar-refractivity contribution in [3.05, 3.63) is 40.9 Å². The van der Waals surface area contributed by atoms with Gasteiger partial charge in [-0.3, -0.25) is 14.0 Å². The summed E-state index contributed by atoms with van der Waals surface area (Å²) in [6.45, 7) is 3.15. The third-order valence-corrected chi connectivity index (χ3v) is 3.32. The van der Waals surface area contributed by atoms with E-state index in [4.69, 9.17) is 9.78 Å². The van der Waals surface area contributed by atoms with Crippen molar-refractivity contribution in [2.24, 2.45) is 0 Å². The third kappa shape index (κ3) is 3.81. The van der Waals surface area contributed by atoms with Gasteiger partial charge in [-0.1, -0.05) is 42.4 Å². The van der Waals surface area contributed by atoms with Crippen molar-refractivity contribution in [2.75, 3.05) is 19.6 Å². The second-order valence-corrected chi connectivity index (χ2v) is 4.89. The summed E-state index contributed by atoms with van der Waals surface area (Å²) in [6, 6.07) is 11.2. The average Bonchev–Trinajstić information content (AvgIpc) is 2.88. The molecule has 1 heterocycles. The van der Waals surface area contributed by atoms with Crippen LogP contribution >= 0.6 is 0 Å². The Morgan fingerprint density at radius 3 is 2.82 bits per heavy atom. The number of nitrogens with zero attached hydrogens (tertiary/aromatic N) is 4. The lowest BCUT2D eigenvalue weighted by Crippen LogP contribution is -2.36. The van der Waals surface area contributed by atoms with Crippen LogP contribution in [0.2, 0.25) is 0 Å². The third-order valence-electron chi connectivity index (χ3n) is 3.32. The van der Waals surface area contributed by atoms with Crippen LogP contribution in [-0.2, 0) is 6.54 Å². The molecule has 0 saturated carbocycles. The van der Waals surface area contributed by atoms with Crippen molar-refractivity contribution >= 4 is 0 Å². The van der Waals surface area contributed by atoms with Crippen LogP contribution in [0, 0.1) is 11.3 Å². The molecular weight excluding hydrogens is 284 g/mol. The molecule has 116 valence electrons. The van der Waals surface area contributed by atoms with Crippen LogP contribution in [0.3, 0.4) is 0 Å². The van der Waals surface area contributed by atoms with Gasteiger partial charge in [0.1, 0.15) is 0 Å². The molecule has 2 rings (SSSR count). The molecule has 0 aliphatic rings. The standard InChI is InChI=1S/C15H18N4O3/c1-2-18(9-8-16)10-13(20)11-19-14(17-22-15(19)21)12-6-4-3-5-7-12/h3-7,13,20H,2,9-11H2,1H3. The highest BCUT2D eigenvalue weighted by atomic mass is 16.5. The summed E-state index contributed by atoms with van der Waals surface area (Å²) in [5, 5.41) is 22.7. The second kappa shape index (κ2) is 7.54. The Hall–Kier alpha value is -2.43. The molecule has 1 atom stereocenters. The Morgan fingerprint density at radius 1 is 1.45 bits per heavy atom. The monoisotopic (exact) mass is 302 g/mol. The van der Waals surface area contributed by atoms with E-state index in [2.05, 4.69) is 5.16 Å². The molecule has 0 spiro atoms. The lowest BCUT2D eigenvalue weighted by Gasteiger charge is -2.20. The van der Waals surface area contributed by atoms with E-state index >= 15 is 0 Å². The molecule has 1 aromatic carbocycles. The Labute approximate surface area is 128 Å². The number of aliphatic hydroxyl groups excluding tert-OH is 1. The first-order valence-electron chi connectivity index (χ1n) is 7.05. The van der Waals surface area contributed by atoms with Gasteiger partial charge in [0.2, 0.25) is 0 Å². The molecule has 7 nitrogen and oxygen atoms in total. The molecule has 0 bridgehead atoms. The molecule has 22 heavy (non-hydrogen) atoms. The van der Waals surface area contributed by atoms with Gasteiger partial charge < -0.3 is 5.11 Å². The number of benzene rings is 1. The number of aliphatic hydroxyl groups is 1. The van der Waals surface area contributed by atoms with E-state index in [1.54, 1.807) is 4.90 Å². The smallest absolute Gasteiger partial charge is 0.390 e. The highest BCUT2D eigenvalue weighted by molar-refractivity contribution is 5.54. The number of nitriles is 1. The molecular formula is C15H18N4O3. The van der Waals surface area contributed by atoms with Crippen LogP contribution in [0.4, 0.5) is 0 Å². The maximum atomic E-state index is 11.8. The molecule has 0 fully saturated rings. The van der Waals surface area contributed by atoms with Gasteiger partial charge in [-0.2, -0.15) is 5.26 Å². The summed E-state index contributed by atoms with van der Waals surface area (Å²) in [4.78, 5) is 13.6. The van der Waals surface area contributed by atoms with Crippen molar-refractivity contribution in [2.45, 2.75) is 19.6 Å². The van der Waals surface area contributed by atoms with Gasteiger partial charge >= 0.3 is 5.76 Å². The van der Waals surface area contributed by atoms with Crippen LogP contribution < -0.4 is 5.76 Å². The first-order valence-corrected chi connectivity index (χ1v) is 7.05. The van der Waals surface area contributed by atoms with E-state index in [0.717, 1.165) is 5.56 Å². The number of likely N-dealkylation sites (N-methyl/N-ethyl adjacent to an activating group) is 1. The Kier molecular flexibility index (Phi) is 5.47. The van der Waals surface area contributed by atoms with E-state index in [1.807, 2.05) is 43.3 Å². The summed E-state index contributed by atoms with van der Waals surface area (Å²) >= 11 is 0. The normalized spacial score (nSPS) is 12.3. The highest BCUT2D eigenvalue weighted by Gasteiger charge is 2.17. The first-order chi connectivity index (χ1) is 10.7. The molecule has 0 aliphatic heterocycles. The number of rotatable bonds is 7. The van der Waals surface area contributed by atoms with Gasteiger partial charge in [0.15, 0.2) is 5.82 Å². The van der Waals surface area contributed by atoms with Gasteiger partial charge in [-0.25, -0.2) is 4.79 Å². The molecule has 0 saturated heterocycles. The predicted octanol–water partition coefficient (Wildman–Crippen LogP) is 0.710. The lowest BCUT2D eigenvalue weighted by molar-refractivity contribution is 0.105. The zero-order valence-corrected chi connectivity index (χ0v) is 12.3. The van der Waals surface area contributed by atoms with Gasteiger partial charge in [0.05, 0.1) is 25.3 Å². The summed E-state index contributed by atoms with van der Waals surface area (Å²) < 4.78 is 6.02. The number of hydrogen-bond donors (Lipinski definition) is 1. The van der Waals surface area contributed by atoms with Gasteiger partial charge in [-0.15, -0.1) is 0 Å². The highest BCUT2D eigenvalue weighted by Crippen LogP contribution is 2.15. The molecule has 0 aliphatic carbocycles. The molecule has 1 aromatic heterocycles. The molecule has 1 unspecified atom stereocenters. The van der Waals surface area contributed by atoms with Crippen molar-refractivity contribution in [1.82, 2.24) is 14.6 Å². The molecule has 2 aromatic rings. The van der Waals surface area contributed by atoms with E-state index in [-0.39, 0.29) is 13.1 Å². The lowest BCUT2D eigenvalue weighted by atomic mass is 10.2. The number of hydrogen-bond acceptors (Lipinski definition) is 6. The van der Waals surface area contributed by atoms with Crippen molar-refractivity contribution in [3.8, 4) is 17.5 Å². The summed E-state index contributed by atoms with van der Waals surface area (Å²) in [6.07, 6.45) is -0.798. The van der Waals surface area contributed by atoms with Gasteiger partial charge in [-0.05, 0) is 6.54 Å². The fourth-order valence-corrected chi connectivity index (χ4v) is 2.20. The maximum absolute atomic E-state index is 11.8. The van der Waals surface area contributed by atoms with Crippen LogP contribution in [0.15, 0.2) is 39.6 Å². The van der Waals surface area contributed by atoms with E-state index in [1.165, 1.54) is 4.57 Å². The summed E-state index contributed by atoms with van der Waals surface area (Å²) in [5.74, 6) is -0.228. The Balaban J connectivity index is 2.15. The van der Waals surface area contributed by atoms with Gasteiger partial charge in [0.25, 0.3) is 0 Å². The van der Waals surface area contributed by atoms with E-state index in [0.29, 0.717) is 18.9 Å². The van der Waals surface area contributed by atoms with Crippen LogP contribution in [0.25, 0.3) is 11.4 Å². The van der Waals surface area contributed by atoms with Crippen LogP contribution in [0.1, 0.15) is 6.92 Å². The van der Waals surface area contributed by atoms with Crippen LogP contribution in [-0.4, -0.2) is 45.5 Å². The second-order valence-electron chi connectivity index (χ2n) is 4.89. The minimum atomic E-state index is -0.798. The van der Waals surface area contributed by atoms with Crippen LogP contribution in [0.5, 0.6) is 0 Å². The van der Waals surface area contributed by atoms with E-state index in [9.17, 15) is 9.90 Å². The zero-order chi connectivity index (χ0) is 15.9. The fraction of sp³-hybridized carbons (Fsp3) is 0.400. The quantitative estimate of drug-likeness (QED) is 0.757. The topological polar surface area (TPSA) is 95.3 Å². The largest absolute Gasteiger partial charge is 0.441 e. The minimum Gasteiger partial charge on any atom is -0.390 e. The fourth-order valence-electron chi connectivity index (χ4n) is 2.20. The molecule has 7 heteroatoms. The van der Waals surface area contributed by atoms with E-state index < -0.39 is 11.9 Å². The van der Waals surface area contributed by atoms with Crippen molar-refractivity contribution in [3.63, 3.8) is 0 Å². The Morgan fingerprint density at radius 2 is 2.18 bits per heavy atom. The predicted molar refractivity (Wildman–Crippen MR) is 79.9 cm³/mol. The summed E-state index contributed by atoms with van der Waals surface area (Å²) in [5.41, 5.74) is 0.741. The minimum absolute atomic E-state index is 0.0640. The SMILES string of the molecule is CCN(CC#N)CC(O)Cn1c(-c2ccccc2)noc1=O. The molecule has 0 amide bonds. The zero-order valence-electron chi connectivity index (χ0n) is 12.3. The van der Waals surface area contributed by atoms with Crippen molar-refractivity contribution < 1.29 is 9.63 Å². The number of aromatic nitrogens is 2. The summed E-state index contributed by atoms with van der Waals surface area (Å²) in [7, 11) is 0. The Bertz CT molecular complexity index is 687. The van der Waals surface area contributed by atoms with Crippen molar-refractivity contribution in [1.29, 1.82) is 5.26 Å². The first kappa shape index (κ1) is 15.9. The van der Waals surface area contributed by atoms with Gasteiger partial charge in [0, 0.05) is 12.1 Å². The average molecular weight is 302 g/mol. The maximum Gasteiger partial charge on any atom is 0.441 e. The molecule has 1 N–H and O–H groups in total.